The summed E-state index contributed by atoms with van der Waals surface area (Å²) in [6.45, 7) is 6.49. The number of thiophene rings is 1. The summed E-state index contributed by atoms with van der Waals surface area (Å²) in [5.74, 6) is 0.550. The number of rotatable bonds is 3. The largest absolute Gasteiger partial charge is 0.323 e. The van der Waals surface area contributed by atoms with Crippen LogP contribution in [0.3, 0.4) is 0 Å². The fourth-order valence-electron chi connectivity index (χ4n) is 1.24. The molecule has 0 radical (unpaired) electrons. The molecule has 0 aliphatic heterocycles. The molecular formula is C10H16BrNS. The summed E-state index contributed by atoms with van der Waals surface area (Å²) in [6.07, 6.45) is 1.13. The fourth-order valence-corrected chi connectivity index (χ4v) is 3.29. The Kier molecular flexibility index (Phi) is 3.95. The Balaban J connectivity index is 2.87. The zero-order valence-electron chi connectivity index (χ0n) is 8.30. The molecule has 13 heavy (non-hydrogen) atoms. The topological polar surface area (TPSA) is 26.0 Å². The summed E-state index contributed by atoms with van der Waals surface area (Å²) in [7, 11) is 0. The fraction of sp³-hybridized carbons (Fsp3) is 0.600. The number of hydrogen-bond acceptors (Lipinski definition) is 2. The van der Waals surface area contributed by atoms with Crippen molar-refractivity contribution >= 4 is 27.3 Å². The van der Waals surface area contributed by atoms with Crippen molar-refractivity contribution in [3.05, 3.63) is 20.3 Å². The zero-order valence-corrected chi connectivity index (χ0v) is 10.7. The van der Waals surface area contributed by atoms with Crippen LogP contribution >= 0.6 is 27.3 Å². The normalized spacial score (nSPS) is 15.8. The van der Waals surface area contributed by atoms with Gasteiger partial charge in [0.25, 0.3) is 0 Å². The molecule has 2 unspecified atom stereocenters. The van der Waals surface area contributed by atoms with Crippen molar-refractivity contribution in [2.45, 2.75) is 33.2 Å². The van der Waals surface area contributed by atoms with Crippen LogP contribution < -0.4 is 5.73 Å². The predicted molar refractivity (Wildman–Crippen MR) is 63.1 cm³/mol. The molecule has 0 spiro atoms. The van der Waals surface area contributed by atoms with Crippen molar-refractivity contribution in [3.8, 4) is 0 Å². The molecule has 74 valence electrons. The second kappa shape index (κ2) is 4.58. The van der Waals surface area contributed by atoms with Gasteiger partial charge in [0.2, 0.25) is 0 Å². The van der Waals surface area contributed by atoms with E-state index in [1.165, 1.54) is 14.2 Å². The van der Waals surface area contributed by atoms with Gasteiger partial charge in [-0.05, 0) is 34.8 Å². The Bertz CT molecular complexity index is 282. The molecule has 0 aliphatic rings. The van der Waals surface area contributed by atoms with E-state index in [1.54, 1.807) is 11.3 Å². The van der Waals surface area contributed by atoms with Crippen molar-refractivity contribution in [3.63, 3.8) is 0 Å². The number of nitrogens with two attached hydrogens (primary N) is 1. The summed E-state index contributed by atoms with van der Waals surface area (Å²) >= 11 is 5.34. The molecule has 1 rings (SSSR count). The van der Waals surface area contributed by atoms with Gasteiger partial charge in [-0.2, -0.15) is 0 Å². The van der Waals surface area contributed by atoms with Crippen LogP contribution in [-0.4, -0.2) is 0 Å². The summed E-state index contributed by atoms with van der Waals surface area (Å²) in [4.78, 5) is 2.60. The average molecular weight is 262 g/mol. The van der Waals surface area contributed by atoms with Crippen molar-refractivity contribution < 1.29 is 0 Å². The van der Waals surface area contributed by atoms with Crippen molar-refractivity contribution in [2.75, 3.05) is 0 Å². The quantitative estimate of drug-likeness (QED) is 0.879. The van der Waals surface area contributed by atoms with E-state index in [0.29, 0.717) is 5.92 Å². The van der Waals surface area contributed by atoms with Gasteiger partial charge in [-0.1, -0.05) is 20.3 Å². The molecule has 0 amide bonds. The van der Waals surface area contributed by atoms with Crippen LogP contribution in [0.4, 0.5) is 0 Å². The molecular weight excluding hydrogens is 246 g/mol. The lowest BCUT2D eigenvalue weighted by atomic mass is 9.99. The second-order valence-electron chi connectivity index (χ2n) is 3.48. The minimum atomic E-state index is 0.179. The van der Waals surface area contributed by atoms with Gasteiger partial charge in [-0.15, -0.1) is 11.3 Å². The first-order valence-electron chi connectivity index (χ1n) is 4.57. The molecule has 0 bridgehead atoms. The minimum absolute atomic E-state index is 0.179. The third-order valence-corrected chi connectivity index (χ3v) is 4.47. The first kappa shape index (κ1) is 11.2. The zero-order chi connectivity index (χ0) is 10.0. The Labute approximate surface area is 92.5 Å². The second-order valence-corrected chi connectivity index (χ2v) is 5.62. The van der Waals surface area contributed by atoms with Gasteiger partial charge in [-0.3, -0.25) is 0 Å². The van der Waals surface area contributed by atoms with Gasteiger partial charge in [0.1, 0.15) is 0 Å². The monoisotopic (exact) mass is 261 g/mol. The standard InChI is InChI=1S/C10H16BrNS/c1-4-6(2)9(12)10-8(11)5-7(3)13-10/h5-6,9H,4,12H2,1-3H3. The highest BCUT2D eigenvalue weighted by molar-refractivity contribution is 9.10. The minimum Gasteiger partial charge on any atom is -0.323 e. The Morgan fingerprint density at radius 1 is 1.62 bits per heavy atom. The van der Waals surface area contributed by atoms with Gasteiger partial charge in [0.15, 0.2) is 0 Å². The van der Waals surface area contributed by atoms with Crippen LogP contribution in [0.5, 0.6) is 0 Å². The Hall–Kier alpha value is 0.140. The van der Waals surface area contributed by atoms with E-state index >= 15 is 0 Å². The van der Waals surface area contributed by atoms with Crippen LogP contribution in [0.1, 0.15) is 36.1 Å². The summed E-state index contributed by atoms with van der Waals surface area (Å²) in [5.41, 5.74) is 6.14. The first-order valence-corrected chi connectivity index (χ1v) is 6.18. The summed E-state index contributed by atoms with van der Waals surface area (Å²) < 4.78 is 1.17. The van der Waals surface area contributed by atoms with E-state index in [4.69, 9.17) is 5.73 Å². The van der Waals surface area contributed by atoms with E-state index < -0.39 is 0 Å². The van der Waals surface area contributed by atoms with Crippen LogP contribution in [0.15, 0.2) is 10.5 Å². The van der Waals surface area contributed by atoms with Crippen LogP contribution in [0.2, 0.25) is 0 Å². The molecule has 3 heteroatoms. The van der Waals surface area contributed by atoms with E-state index in [-0.39, 0.29) is 6.04 Å². The van der Waals surface area contributed by atoms with Crippen molar-refractivity contribution in [1.29, 1.82) is 0 Å². The maximum atomic E-state index is 6.14. The van der Waals surface area contributed by atoms with Crippen LogP contribution in [-0.2, 0) is 0 Å². The molecule has 0 fully saturated rings. The van der Waals surface area contributed by atoms with Gasteiger partial charge in [0.05, 0.1) is 0 Å². The lowest BCUT2D eigenvalue weighted by Gasteiger charge is -2.17. The molecule has 1 nitrogen and oxygen atoms in total. The van der Waals surface area contributed by atoms with Gasteiger partial charge >= 0.3 is 0 Å². The molecule has 0 aliphatic carbocycles. The third-order valence-electron chi connectivity index (χ3n) is 2.40. The Morgan fingerprint density at radius 2 is 2.23 bits per heavy atom. The average Bonchev–Trinajstić information content (AvgIpc) is 2.42. The highest BCUT2D eigenvalue weighted by Crippen LogP contribution is 2.34. The molecule has 1 aromatic heterocycles. The van der Waals surface area contributed by atoms with E-state index in [1.807, 2.05) is 0 Å². The first-order chi connectivity index (χ1) is 6.06. The van der Waals surface area contributed by atoms with Crippen LogP contribution in [0, 0.1) is 12.8 Å². The third kappa shape index (κ3) is 2.55. The Morgan fingerprint density at radius 3 is 2.62 bits per heavy atom. The van der Waals surface area contributed by atoms with Gasteiger partial charge < -0.3 is 5.73 Å². The van der Waals surface area contributed by atoms with E-state index in [9.17, 15) is 0 Å². The molecule has 0 aromatic carbocycles. The molecule has 2 atom stereocenters. The molecule has 0 saturated heterocycles. The highest BCUT2D eigenvalue weighted by Gasteiger charge is 2.17. The van der Waals surface area contributed by atoms with E-state index in [2.05, 4.69) is 42.8 Å². The maximum Gasteiger partial charge on any atom is 0.0427 e. The van der Waals surface area contributed by atoms with Crippen molar-refractivity contribution in [1.82, 2.24) is 0 Å². The smallest absolute Gasteiger partial charge is 0.0427 e. The number of halogens is 1. The summed E-state index contributed by atoms with van der Waals surface area (Å²) in [6, 6.07) is 2.32. The summed E-state index contributed by atoms with van der Waals surface area (Å²) in [5, 5.41) is 0. The molecule has 2 N–H and O–H groups in total. The SMILES string of the molecule is CCC(C)C(N)c1sc(C)cc1Br. The molecule has 1 heterocycles. The van der Waals surface area contributed by atoms with Gasteiger partial charge in [0, 0.05) is 20.3 Å². The molecule has 0 saturated carbocycles. The maximum absolute atomic E-state index is 6.14. The number of hydrogen-bond donors (Lipinski definition) is 1. The van der Waals surface area contributed by atoms with E-state index in [0.717, 1.165) is 6.42 Å². The lowest BCUT2D eigenvalue weighted by Crippen LogP contribution is -2.17. The highest BCUT2D eigenvalue weighted by atomic mass is 79.9. The molecule has 1 aromatic rings. The van der Waals surface area contributed by atoms with Crippen LogP contribution in [0.25, 0.3) is 0 Å². The predicted octanol–water partition coefficient (Wildman–Crippen LogP) is 3.86. The van der Waals surface area contributed by atoms with Crippen molar-refractivity contribution in [2.24, 2.45) is 11.7 Å². The number of aryl methyl sites for hydroxylation is 1. The van der Waals surface area contributed by atoms with Gasteiger partial charge in [-0.25, -0.2) is 0 Å². The lowest BCUT2D eigenvalue weighted by molar-refractivity contribution is 0.461.